The highest BCUT2D eigenvalue weighted by molar-refractivity contribution is 7.99. The normalized spacial score (nSPS) is 26.3. The topological polar surface area (TPSA) is 297 Å². The molecular formula is C68H119N13O12S. The van der Waals surface area contributed by atoms with E-state index in [1.807, 2.05) is 66.0 Å². The summed E-state index contributed by atoms with van der Waals surface area (Å²) in [5.41, 5.74) is 0. The van der Waals surface area contributed by atoms with Gasteiger partial charge >= 0.3 is 0 Å². The van der Waals surface area contributed by atoms with Crippen molar-refractivity contribution < 1.29 is 57.8 Å². The third-order valence-electron chi connectivity index (χ3n) is 17.7. The highest BCUT2D eigenvalue weighted by Crippen LogP contribution is 2.26. The number of likely N-dealkylation sites (N-methyl/N-ethyl adjacent to an activating group) is 7. The number of carbonyl (C=O) groups excluding carboxylic acids is 11. The first-order chi connectivity index (χ1) is 43.7. The number of nitrogens with one attached hydrogen (secondary N) is 4. The van der Waals surface area contributed by atoms with Gasteiger partial charge in [-0.2, -0.15) is 11.8 Å². The standard InChI is InChI=1S/C68H119N13O12S/c1-25-27-28-45(15)57(82)56-61(86)72-48(26-2)63(88)78(22)53(37-94-32-31-81-30-29-69-38-81)66(91)74(18)50(34-40(5)6)60(85)73-54(43(11)12)67(92)75(19)49(33-39(3)4)59(84)70-46(16)58(83)71-47(17)62(87)76(20)51(35-41(7)8)64(89)77(21)52(36-42(9)10)65(90)79(23)55(44(13)14)68(93)80(56)24/h25,27,29-30,38-57,82H,26,28,31-37H2,1-24H3,(H,70,84)(H,71,83)(H,72,86)(H,73,85)/b27-25+/t45-,46+,47-,48+,49+,50+,51+,52+,53-,54+,55+,56+,57-/m1/s1. The number of hydrogen-bond acceptors (Lipinski definition) is 14. The van der Waals surface area contributed by atoms with E-state index in [9.17, 15) is 29.1 Å². The number of aliphatic hydroxyl groups excluding tert-OH is 1. The lowest BCUT2D eigenvalue weighted by atomic mass is 9.91. The maximum Gasteiger partial charge on any atom is 0.246 e. The van der Waals surface area contributed by atoms with E-state index in [4.69, 9.17) is 0 Å². The van der Waals surface area contributed by atoms with E-state index in [0.717, 1.165) is 4.90 Å². The molecule has 1 aromatic rings. The van der Waals surface area contributed by atoms with Crippen LogP contribution >= 0.6 is 11.8 Å². The molecule has 0 saturated carbocycles. The number of amides is 11. The Labute approximate surface area is 565 Å². The molecule has 0 spiro atoms. The van der Waals surface area contributed by atoms with Gasteiger partial charge in [0.25, 0.3) is 0 Å². The summed E-state index contributed by atoms with van der Waals surface area (Å²) in [6, 6.07) is -13.8. The molecule has 1 saturated heterocycles. The lowest BCUT2D eigenvalue weighted by molar-refractivity contribution is -0.157. The molecule has 13 atom stereocenters. The van der Waals surface area contributed by atoms with Crippen molar-refractivity contribution in [2.45, 2.75) is 235 Å². The summed E-state index contributed by atoms with van der Waals surface area (Å²) < 4.78 is 1.86. The molecule has 2 heterocycles. The average molecular weight is 1340 g/mol. The van der Waals surface area contributed by atoms with Gasteiger partial charge in [-0.1, -0.05) is 109 Å². The number of allylic oxidation sites excluding steroid dienone is 2. The minimum Gasteiger partial charge on any atom is -0.390 e. The van der Waals surface area contributed by atoms with Gasteiger partial charge in [0.05, 0.1) is 12.4 Å². The molecule has 1 aliphatic rings. The quantitative estimate of drug-likeness (QED) is 0.0901. The van der Waals surface area contributed by atoms with Crippen LogP contribution in [0.4, 0.5) is 0 Å². The van der Waals surface area contributed by atoms with Crippen LogP contribution in [-0.4, -0.2) is 247 Å². The molecule has 25 nitrogen and oxygen atoms in total. The minimum absolute atomic E-state index is 0.00442. The molecule has 5 N–H and O–H groups in total. The Morgan fingerprint density at radius 2 is 0.936 bits per heavy atom. The van der Waals surface area contributed by atoms with E-state index in [1.165, 1.54) is 104 Å². The highest BCUT2D eigenvalue weighted by Gasteiger charge is 2.46. The smallest absolute Gasteiger partial charge is 0.246 e. The predicted octanol–water partition coefficient (Wildman–Crippen LogP) is 4.27. The Kier molecular flexibility index (Phi) is 34.5. The van der Waals surface area contributed by atoms with Crippen LogP contribution in [0.15, 0.2) is 30.9 Å². The summed E-state index contributed by atoms with van der Waals surface area (Å²) in [6.07, 6.45) is 8.03. The Balaban J connectivity index is 3.10. The van der Waals surface area contributed by atoms with Crippen molar-refractivity contribution >= 4 is 76.7 Å². The van der Waals surface area contributed by atoms with Gasteiger partial charge in [0.15, 0.2) is 0 Å². The van der Waals surface area contributed by atoms with Crippen molar-refractivity contribution in [2.75, 3.05) is 60.8 Å². The van der Waals surface area contributed by atoms with Crippen molar-refractivity contribution in [3.8, 4) is 0 Å². The Bertz CT molecular complexity index is 2710. The van der Waals surface area contributed by atoms with Crippen molar-refractivity contribution in [1.29, 1.82) is 0 Å². The molecule has 0 aliphatic carbocycles. The van der Waals surface area contributed by atoms with Crippen LogP contribution in [0.5, 0.6) is 0 Å². The first kappa shape index (κ1) is 83.5. The van der Waals surface area contributed by atoms with Crippen LogP contribution in [-0.2, 0) is 59.3 Å². The summed E-state index contributed by atoms with van der Waals surface area (Å²) >= 11 is 1.38. The zero-order valence-electron chi connectivity index (χ0n) is 61.1. The fraction of sp³-hybridized carbons (Fsp3) is 0.765. The molecule has 26 heteroatoms. The fourth-order valence-electron chi connectivity index (χ4n) is 11.8. The Morgan fingerprint density at radius 3 is 1.40 bits per heavy atom. The maximum absolute atomic E-state index is 15.4. The summed E-state index contributed by atoms with van der Waals surface area (Å²) in [6.45, 7) is 30.5. The first-order valence-electron chi connectivity index (χ1n) is 33.6. The van der Waals surface area contributed by atoms with Crippen molar-refractivity contribution in [3.05, 3.63) is 30.9 Å². The van der Waals surface area contributed by atoms with Gasteiger partial charge in [-0.25, -0.2) is 4.98 Å². The Hall–Kier alpha value is -6.57. The molecular weight excluding hydrogens is 1220 g/mol. The number of imidazole rings is 1. The maximum atomic E-state index is 15.4. The van der Waals surface area contributed by atoms with Gasteiger partial charge in [0.1, 0.15) is 66.5 Å². The summed E-state index contributed by atoms with van der Waals surface area (Å²) in [5.74, 6) is -9.36. The molecule has 1 aromatic heterocycles. The average Bonchev–Trinajstić information content (AvgIpc) is 0.858. The lowest BCUT2D eigenvalue weighted by Gasteiger charge is -2.41. The van der Waals surface area contributed by atoms with Gasteiger partial charge < -0.3 is 65.2 Å². The van der Waals surface area contributed by atoms with Crippen LogP contribution < -0.4 is 21.3 Å². The monoisotopic (exact) mass is 1340 g/mol. The number of thioether (sulfide) groups is 1. The summed E-state index contributed by atoms with van der Waals surface area (Å²) in [5, 5.41) is 23.5. The van der Waals surface area contributed by atoms with Gasteiger partial charge in [-0.3, -0.25) is 52.7 Å². The van der Waals surface area contributed by atoms with Gasteiger partial charge in [-0.15, -0.1) is 0 Å². The van der Waals surface area contributed by atoms with Crippen LogP contribution in [0.25, 0.3) is 0 Å². The van der Waals surface area contributed by atoms with Crippen LogP contribution in [0, 0.1) is 41.4 Å². The number of nitrogens with zero attached hydrogens (tertiary/aromatic N) is 9. The fourth-order valence-corrected chi connectivity index (χ4v) is 12.9. The second kappa shape index (κ2) is 38.8. The van der Waals surface area contributed by atoms with E-state index in [-0.39, 0.29) is 61.5 Å². The second-order valence-electron chi connectivity index (χ2n) is 28.2. The molecule has 534 valence electrons. The third kappa shape index (κ3) is 23.4. The van der Waals surface area contributed by atoms with Crippen molar-refractivity contribution in [2.24, 2.45) is 41.4 Å². The van der Waals surface area contributed by atoms with E-state index in [0.29, 0.717) is 18.7 Å². The Morgan fingerprint density at radius 1 is 0.500 bits per heavy atom. The number of hydrogen-bond donors (Lipinski definition) is 5. The molecule has 1 fully saturated rings. The summed E-state index contributed by atoms with van der Waals surface area (Å²) in [4.78, 5) is 177. The molecule has 2 rings (SSSR count). The van der Waals surface area contributed by atoms with Crippen molar-refractivity contribution in [1.82, 2.24) is 65.1 Å². The SMILES string of the molecule is C/C=C/C[C@@H](C)[C@@H](O)[C@H]1C(=O)N[C@@H](CC)C(=O)N(C)[C@H](CSCCn2ccnc2)C(=O)N(C)[C@@H](CC(C)C)C(=O)N[C@@H](C(C)C)C(=O)N(C)[C@@H](CC(C)C)C(=O)N[C@@H](C)C(=O)N[C@H](C)C(=O)N(C)[C@@H](CC(C)C)C(=O)N(C)[C@@H](CC(C)C)C(=O)N(C)[C@@H](C(C)C)C(=O)N1C. The molecule has 94 heavy (non-hydrogen) atoms. The summed E-state index contributed by atoms with van der Waals surface area (Å²) in [7, 11) is 10.1. The van der Waals surface area contributed by atoms with Gasteiger partial charge in [0.2, 0.25) is 65.0 Å². The predicted molar refractivity (Wildman–Crippen MR) is 367 cm³/mol. The zero-order chi connectivity index (χ0) is 72.1. The number of aliphatic hydroxyl groups is 1. The van der Waals surface area contributed by atoms with Gasteiger partial charge in [0, 0.05) is 79.8 Å². The first-order valence-corrected chi connectivity index (χ1v) is 34.8. The van der Waals surface area contributed by atoms with Crippen LogP contribution in [0.2, 0.25) is 0 Å². The number of aromatic nitrogens is 2. The van der Waals surface area contributed by atoms with E-state index < -0.39 is 155 Å². The molecule has 0 bridgehead atoms. The van der Waals surface area contributed by atoms with Crippen LogP contribution in [0.3, 0.4) is 0 Å². The van der Waals surface area contributed by atoms with E-state index in [1.54, 1.807) is 73.3 Å². The molecule has 0 aromatic carbocycles. The lowest BCUT2D eigenvalue weighted by Crippen LogP contribution is -2.64. The van der Waals surface area contributed by atoms with Crippen LogP contribution in [0.1, 0.15) is 156 Å². The molecule has 1 aliphatic heterocycles. The van der Waals surface area contributed by atoms with Gasteiger partial charge in [-0.05, 0) is 101 Å². The number of carbonyl (C=O) groups is 11. The largest absolute Gasteiger partial charge is 0.390 e. The van der Waals surface area contributed by atoms with E-state index in [2.05, 4.69) is 26.3 Å². The second-order valence-corrected chi connectivity index (χ2v) is 29.3. The zero-order valence-corrected chi connectivity index (χ0v) is 61.9. The molecule has 11 amide bonds. The third-order valence-corrected chi connectivity index (χ3v) is 18.7. The van der Waals surface area contributed by atoms with E-state index >= 15 is 28.8 Å². The molecule has 0 unspecified atom stereocenters. The van der Waals surface area contributed by atoms with Crippen molar-refractivity contribution in [3.63, 3.8) is 0 Å². The number of rotatable bonds is 20. The minimum atomic E-state index is -1.64. The highest BCUT2D eigenvalue weighted by atomic mass is 32.2. The molecule has 0 radical (unpaired) electrons. The number of aryl methyl sites for hydroxylation is 1.